The first-order valence-electron chi connectivity index (χ1n) is 9.66. The number of likely N-dealkylation sites (tertiary alicyclic amines) is 1. The van der Waals surface area contributed by atoms with E-state index in [4.69, 9.17) is 4.74 Å². The molecule has 1 N–H and O–H groups in total. The van der Waals surface area contributed by atoms with E-state index in [-0.39, 0.29) is 16.9 Å². The first-order valence-corrected chi connectivity index (χ1v) is 9.66. The molecule has 1 amide bonds. The van der Waals surface area contributed by atoms with Crippen molar-refractivity contribution in [1.82, 2.24) is 9.80 Å². The lowest BCUT2D eigenvalue weighted by molar-refractivity contribution is -0.139. The molecule has 0 spiro atoms. The second-order valence-corrected chi connectivity index (χ2v) is 7.43. The number of aliphatic hydroxyl groups excluding tert-OH is 1. The molecule has 1 aliphatic rings. The standard InChI is InChI=1S/C23H25FN2O4/c1-25(2)12-5-13-26-20(16-6-4-7-18(14-16)30-3)19(22(28)23(26)29)21(27)15-8-10-17(24)11-9-15/h4,6-11,14,20,27H,5,12-13H2,1-3H3. The lowest BCUT2D eigenvalue weighted by Crippen LogP contribution is -2.32. The summed E-state index contributed by atoms with van der Waals surface area (Å²) in [6.07, 6.45) is 0.664. The number of hydrogen-bond acceptors (Lipinski definition) is 5. The number of hydrogen-bond donors (Lipinski definition) is 1. The SMILES string of the molecule is COc1cccc(C2C(=C(O)c3ccc(F)cc3)C(=O)C(=O)N2CCCN(C)C)c1. The maximum absolute atomic E-state index is 13.3. The van der Waals surface area contributed by atoms with Gasteiger partial charge in [0.15, 0.2) is 0 Å². The molecule has 1 unspecified atom stereocenters. The van der Waals surface area contributed by atoms with Crippen LogP contribution in [-0.2, 0) is 9.59 Å². The Labute approximate surface area is 175 Å². The maximum atomic E-state index is 13.3. The fraction of sp³-hybridized carbons (Fsp3) is 0.304. The van der Waals surface area contributed by atoms with Gasteiger partial charge in [0, 0.05) is 12.1 Å². The summed E-state index contributed by atoms with van der Waals surface area (Å²) in [6.45, 7) is 1.09. The van der Waals surface area contributed by atoms with Gasteiger partial charge < -0.3 is 19.6 Å². The van der Waals surface area contributed by atoms with Crippen molar-refractivity contribution in [2.75, 3.05) is 34.3 Å². The van der Waals surface area contributed by atoms with Crippen molar-refractivity contribution in [3.63, 3.8) is 0 Å². The summed E-state index contributed by atoms with van der Waals surface area (Å²) in [6, 6.07) is 11.5. The Morgan fingerprint density at radius 2 is 1.87 bits per heavy atom. The van der Waals surface area contributed by atoms with Crippen LogP contribution in [0.5, 0.6) is 5.75 Å². The predicted octanol–water partition coefficient (Wildman–Crippen LogP) is 3.21. The Kier molecular flexibility index (Phi) is 6.52. The zero-order valence-electron chi connectivity index (χ0n) is 17.3. The molecular weight excluding hydrogens is 387 g/mol. The van der Waals surface area contributed by atoms with E-state index in [2.05, 4.69) is 0 Å². The van der Waals surface area contributed by atoms with Crippen LogP contribution < -0.4 is 4.74 Å². The van der Waals surface area contributed by atoms with Gasteiger partial charge >= 0.3 is 0 Å². The minimum Gasteiger partial charge on any atom is -0.507 e. The Morgan fingerprint density at radius 3 is 2.50 bits per heavy atom. The van der Waals surface area contributed by atoms with Gasteiger partial charge in [0.2, 0.25) is 0 Å². The summed E-state index contributed by atoms with van der Waals surface area (Å²) in [5.41, 5.74) is 0.919. The van der Waals surface area contributed by atoms with Crippen LogP contribution in [0.2, 0.25) is 0 Å². The summed E-state index contributed by atoms with van der Waals surface area (Å²) < 4.78 is 18.6. The number of carbonyl (C=O) groups excluding carboxylic acids is 2. The van der Waals surface area contributed by atoms with Gasteiger partial charge in [-0.15, -0.1) is 0 Å². The molecule has 30 heavy (non-hydrogen) atoms. The Balaban J connectivity index is 2.10. The number of rotatable bonds is 7. The first-order chi connectivity index (χ1) is 14.3. The minimum atomic E-state index is -0.757. The zero-order valence-corrected chi connectivity index (χ0v) is 17.3. The number of benzene rings is 2. The second kappa shape index (κ2) is 9.09. The van der Waals surface area contributed by atoms with E-state index >= 15 is 0 Å². The molecule has 0 aromatic heterocycles. The van der Waals surface area contributed by atoms with Crippen LogP contribution in [0.3, 0.4) is 0 Å². The number of carbonyl (C=O) groups is 2. The molecule has 1 atom stereocenters. The molecule has 0 radical (unpaired) electrons. The molecule has 0 saturated carbocycles. The summed E-state index contributed by atoms with van der Waals surface area (Å²) in [5, 5.41) is 10.9. The normalized spacial score (nSPS) is 18.3. The largest absolute Gasteiger partial charge is 0.507 e. The summed E-state index contributed by atoms with van der Waals surface area (Å²) >= 11 is 0. The average molecular weight is 412 g/mol. The van der Waals surface area contributed by atoms with Crippen LogP contribution in [-0.4, -0.2) is 60.9 Å². The monoisotopic (exact) mass is 412 g/mol. The molecule has 3 rings (SSSR count). The van der Waals surface area contributed by atoms with Crippen LogP contribution in [0, 0.1) is 5.82 Å². The molecule has 1 heterocycles. The van der Waals surface area contributed by atoms with Gasteiger partial charge in [0.1, 0.15) is 17.3 Å². The third-order valence-electron chi connectivity index (χ3n) is 5.07. The summed E-state index contributed by atoms with van der Waals surface area (Å²) in [4.78, 5) is 29.2. The Hall–Kier alpha value is -3.19. The van der Waals surface area contributed by atoms with Crippen LogP contribution in [0.15, 0.2) is 54.1 Å². The van der Waals surface area contributed by atoms with E-state index < -0.39 is 23.5 Å². The van der Waals surface area contributed by atoms with E-state index in [1.54, 1.807) is 24.3 Å². The minimum absolute atomic E-state index is 0.00952. The predicted molar refractivity (Wildman–Crippen MR) is 112 cm³/mol. The van der Waals surface area contributed by atoms with Gasteiger partial charge in [0.05, 0.1) is 18.7 Å². The highest BCUT2D eigenvalue weighted by Gasteiger charge is 2.45. The zero-order chi connectivity index (χ0) is 21.8. The van der Waals surface area contributed by atoms with Crippen molar-refractivity contribution in [2.24, 2.45) is 0 Å². The molecule has 0 bridgehead atoms. The van der Waals surface area contributed by atoms with E-state index in [0.717, 1.165) is 6.54 Å². The van der Waals surface area contributed by atoms with Crippen LogP contribution >= 0.6 is 0 Å². The number of halogens is 1. The third kappa shape index (κ3) is 4.36. The van der Waals surface area contributed by atoms with E-state index in [1.807, 2.05) is 19.0 Å². The third-order valence-corrected chi connectivity index (χ3v) is 5.07. The van der Waals surface area contributed by atoms with Gasteiger partial charge in [-0.05, 0) is 69.0 Å². The number of ether oxygens (including phenoxy) is 1. The average Bonchev–Trinajstić information content (AvgIpc) is 2.98. The van der Waals surface area contributed by atoms with Crippen molar-refractivity contribution < 1.29 is 23.8 Å². The number of amides is 1. The lowest BCUT2D eigenvalue weighted by Gasteiger charge is -2.26. The fourth-order valence-electron chi connectivity index (χ4n) is 3.59. The molecule has 1 fully saturated rings. The molecule has 1 aliphatic heterocycles. The number of aliphatic hydroxyl groups is 1. The van der Waals surface area contributed by atoms with Gasteiger partial charge in [-0.3, -0.25) is 9.59 Å². The molecular formula is C23H25FN2O4. The highest BCUT2D eigenvalue weighted by molar-refractivity contribution is 6.46. The van der Waals surface area contributed by atoms with Gasteiger partial charge in [-0.2, -0.15) is 0 Å². The first kappa shape index (κ1) is 21.5. The van der Waals surface area contributed by atoms with Crippen molar-refractivity contribution >= 4 is 17.4 Å². The summed E-state index contributed by atoms with van der Waals surface area (Å²) in [5.74, 6) is -1.62. The summed E-state index contributed by atoms with van der Waals surface area (Å²) in [7, 11) is 5.40. The van der Waals surface area contributed by atoms with Crippen LogP contribution in [0.25, 0.3) is 5.76 Å². The van der Waals surface area contributed by atoms with Gasteiger partial charge in [-0.25, -0.2) is 4.39 Å². The molecule has 6 nitrogen and oxygen atoms in total. The Bertz CT molecular complexity index is 969. The number of methoxy groups -OCH3 is 1. The maximum Gasteiger partial charge on any atom is 0.295 e. The fourth-order valence-corrected chi connectivity index (χ4v) is 3.59. The Morgan fingerprint density at radius 1 is 1.17 bits per heavy atom. The van der Waals surface area contributed by atoms with Crippen molar-refractivity contribution in [2.45, 2.75) is 12.5 Å². The molecule has 2 aromatic carbocycles. The topological polar surface area (TPSA) is 70.1 Å². The van der Waals surface area contributed by atoms with Crippen LogP contribution in [0.4, 0.5) is 4.39 Å². The lowest BCUT2D eigenvalue weighted by atomic mass is 9.95. The molecule has 7 heteroatoms. The molecule has 158 valence electrons. The van der Waals surface area contributed by atoms with Crippen molar-refractivity contribution in [3.8, 4) is 5.75 Å². The molecule has 0 aliphatic carbocycles. The van der Waals surface area contributed by atoms with Gasteiger partial charge in [0.25, 0.3) is 11.7 Å². The number of nitrogens with zero attached hydrogens (tertiary/aromatic N) is 2. The van der Waals surface area contributed by atoms with E-state index in [9.17, 15) is 19.1 Å². The molecule has 2 aromatic rings. The number of Topliss-reactive ketones (excluding diaryl/α,β-unsaturated/α-hetero) is 1. The highest BCUT2D eigenvalue weighted by atomic mass is 19.1. The van der Waals surface area contributed by atoms with Crippen molar-refractivity contribution in [1.29, 1.82) is 0 Å². The quantitative estimate of drug-likeness (QED) is 0.430. The molecule has 1 saturated heterocycles. The highest BCUT2D eigenvalue weighted by Crippen LogP contribution is 2.40. The van der Waals surface area contributed by atoms with Gasteiger partial charge in [-0.1, -0.05) is 12.1 Å². The van der Waals surface area contributed by atoms with Crippen molar-refractivity contribution in [3.05, 3.63) is 71.0 Å². The second-order valence-electron chi connectivity index (χ2n) is 7.43. The van der Waals surface area contributed by atoms with E-state index in [0.29, 0.717) is 24.3 Å². The van der Waals surface area contributed by atoms with E-state index in [1.165, 1.54) is 36.3 Å². The van der Waals surface area contributed by atoms with Crippen LogP contribution in [0.1, 0.15) is 23.6 Å². The number of ketones is 1. The smallest absolute Gasteiger partial charge is 0.295 e.